The molecule has 0 heterocycles. The van der Waals surface area contributed by atoms with Gasteiger partial charge in [-0.2, -0.15) is 0 Å². The van der Waals surface area contributed by atoms with Crippen molar-refractivity contribution >= 4 is 5.69 Å². The van der Waals surface area contributed by atoms with Crippen molar-refractivity contribution in [3.05, 3.63) is 63.9 Å². The molecule has 0 spiro atoms. The predicted octanol–water partition coefficient (Wildman–Crippen LogP) is 5.42. The Hall–Kier alpha value is -2.10. The number of para-hydroxylation sites is 1. The minimum atomic E-state index is -0.323. The van der Waals surface area contributed by atoms with Crippen molar-refractivity contribution in [2.24, 2.45) is 5.92 Å². The summed E-state index contributed by atoms with van der Waals surface area (Å²) in [6.45, 7) is 6.79. The van der Waals surface area contributed by atoms with Crippen molar-refractivity contribution in [2.75, 3.05) is 11.9 Å². The van der Waals surface area contributed by atoms with Gasteiger partial charge in [-0.15, -0.1) is 0 Å². The first kappa shape index (κ1) is 18.9. The minimum absolute atomic E-state index is 0.246. The molecular weight excluding hydrogens is 288 g/mol. The topological polar surface area (TPSA) is 55.2 Å². The number of allylic oxidation sites excluding steroid dienone is 3. The minimum Gasteiger partial charge on any atom is -0.385 e. The summed E-state index contributed by atoms with van der Waals surface area (Å²) < 4.78 is 0. The lowest BCUT2D eigenvalue weighted by Crippen LogP contribution is -2.01. The molecule has 1 unspecified atom stereocenters. The highest BCUT2D eigenvalue weighted by Crippen LogP contribution is 2.15. The van der Waals surface area contributed by atoms with Crippen LogP contribution in [0.5, 0.6) is 0 Å². The Morgan fingerprint density at radius 2 is 1.96 bits per heavy atom. The molecule has 0 aliphatic heterocycles. The second-order valence-corrected chi connectivity index (χ2v) is 6.11. The second kappa shape index (κ2) is 10.6. The highest BCUT2D eigenvalue weighted by molar-refractivity contribution is 5.42. The SMILES string of the molecule is C/C(=C\CCC(C)C/C=C(\C)[N+](=O)[O-])CCNc1ccccc1. The van der Waals surface area contributed by atoms with E-state index < -0.39 is 0 Å². The van der Waals surface area contributed by atoms with E-state index in [0.717, 1.165) is 37.9 Å². The first-order valence-electron chi connectivity index (χ1n) is 8.24. The van der Waals surface area contributed by atoms with Gasteiger partial charge in [0.25, 0.3) is 0 Å². The zero-order valence-corrected chi connectivity index (χ0v) is 14.4. The highest BCUT2D eigenvalue weighted by atomic mass is 16.6. The molecule has 0 bridgehead atoms. The molecule has 0 aromatic heterocycles. The first-order valence-corrected chi connectivity index (χ1v) is 8.24. The van der Waals surface area contributed by atoms with Crippen molar-refractivity contribution in [2.45, 2.75) is 46.5 Å². The zero-order valence-electron chi connectivity index (χ0n) is 14.4. The molecule has 0 radical (unpaired) electrons. The van der Waals surface area contributed by atoms with Crippen LogP contribution in [-0.2, 0) is 0 Å². The largest absolute Gasteiger partial charge is 0.385 e. The van der Waals surface area contributed by atoms with Crippen LogP contribution in [-0.4, -0.2) is 11.5 Å². The molecular formula is C19H28N2O2. The van der Waals surface area contributed by atoms with Gasteiger partial charge in [-0.3, -0.25) is 10.1 Å². The number of hydrogen-bond donors (Lipinski definition) is 1. The monoisotopic (exact) mass is 316 g/mol. The molecule has 1 N–H and O–H groups in total. The van der Waals surface area contributed by atoms with E-state index in [0.29, 0.717) is 5.92 Å². The summed E-state index contributed by atoms with van der Waals surface area (Å²) in [5.74, 6) is 0.469. The van der Waals surface area contributed by atoms with Gasteiger partial charge in [-0.25, -0.2) is 0 Å². The molecule has 0 saturated carbocycles. The summed E-state index contributed by atoms with van der Waals surface area (Å²) in [5.41, 5.74) is 2.79. The maximum absolute atomic E-state index is 10.5. The van der Waals surface area contributed by atoms with Crippen LogP contribution in [0, 0.1) is 16.0 Å². The van der Waals surface area contributed by atoms with E-state index >= 15 is 0 Å². The Balaban J connectivity index is 2.20. The lowest BCUT2D eigenvalue weighted by atomic mass is 10.00. The van der Waals surface area contributed by atoms with Crippen LogP contribution in [0.2, 0.25) is 0 Å². The lowest BCUT2D eigenvalue weighted by Gasteiger charge is -2.08. The summed E-state index contributed by atoms with van der Waals surface area (Å²) in [4.78, 5) is 10.2. The summed E-state index contributed by atoms with van der Waals surface area (Å²) in [6, 6.07) is 10.2. The quantitative estimate of drug-likeness (QED) is 0.356. The van der Waals surface area contributed by atoms with Crippen molar-refractivity contribution < 1.29 is 4.92 Å². The van der Waals surface area contributed by atoms with Gasteiger partial charge in [0, 0.05) is 19.2 Å². The van der Waals surface area contributed by atoms with E-state index in [-0.39, 0.29) is 10.6 Å². The summed E-state index contributed by atoms with van der Waals surface area (Å²) in [6.07, 6.45) is 7.91. The van der Waals surface area contributed by atoms with Crippen LogP contribution < -0.4 is 5.32 Å². The van der Waals surface area contributed by atoms with Gasteiger partial charge in [0.05, 0.1) is 4.92 Å². The van der Waals surface area contributed by atoms with Crippen molar-refractivity contribution in [3.8, 4) is 0 Å². The van der Waals surface area contributed by atoms with E-state index in [1.807, 2.05) is 18.2 Å². The van der Waals surface area contributed by atoms with E-state index in [4.69, 9.17) is 0 Å². The van der Waals surface area contributed by atoms with Gasteiger partial charge in [-0.05, 0) is 56.7 Å². The Morgan fingerprint density at radius 1 is 1.26 bits per heavy atom. The van der Waals surface area contributed by atoms with Crippen molar-refractivity contribution in [1.82, 2.24) is 0 Å². The summed E-state index contributed by atoms with van der Waals surface area (Å²) in [5, 5.41) is 13.9. The van der Waals surface area contributed by atoms with E-state index in [1.165, 1.54) is 5.57 Å². The van der Waals surface area contributed by atoms with Gasteiger partial charge in [0.1, 0.15) is 0 Å². The van der Waals surface area contributed by atoms with Crippen LogP contribution in [0.1, 0.15) is 46.5 Å². The highest BCUT2D eigenvalue weighted by Gasteiger charge is 2.04. The Kier molecular flexibility index (Phi) is 8.73. The number of nitrogens with one attached hydrogen (secondary N) is 1. The number of rotatable bonds is 10. The molecule has 1 rings (SSSR count). The lowest BCUT2D eigenvalue weighted by molar-refractivity contribution is -0.424. The summed E-state index contributed by atoms with van der Waals surface area (Å²) >= 11 is 0. The molecule has 23 heavy (non-hydrogen) atoms. The van der Waals surface area contributed by atoms with Gasteiger partial charge >= 0.3 is 0 Å². The maximum atomic E-state index is 10.5. The van der Waals surface area contributed by atoms with Gasteiger partial charge in [0.15, 0.2) is 0 Å². The van der Waals surface area contributed by atoms with E-state index in [1.54, 1.807) is 13.0 Å². The van der Waals surface area contributed by atoms with Crippen LogP contribution in [0.25, 0.3) is 0 Å². The molecule has 4 nitrogen and oxygen atoms in total. The third-order valence-corrected chi connectivity index (χ3v) is 3.88. The molecule has 0 aliphatic carbocycles. The number of benzene rings is 1. The molecule has 1 aromatic rings. The molecule has 1 atom stereocenters. The first-order chi connectivity index (χ1) is 11.0. The smallest absolute Gasteiger partial charge is 0.239 e. The van der Waals surface area contributed by atoms with Crippen molar-refractivity contribution in [1.29, 1.82) is 0 Å². The molecule has 0 aliphatic rings. The van der Waals surface area contributed by atoms with E-state index in [2.05, 4.69) is 37.4 Å². The van der Waals surface area contributed by atoms with Crippen LogP contribution in [0.3, 0.4) is 0 Å². The van der Waals surface area contributed by atoms with Crippen LogP contribution >= 0.6 is 0 Å². The molecule has 4 heteroatoms. The molecule has 0 amide bonds. The Labute approximate surface area is 139 Å². The van der Waals surface area contributed by atoms with Gasteiger partial charge in [-0.1, -0.05) is 36.8 Å². The van der Waals surface area contributed by atoms with E-state index in [9.17, 15) is 10.1 Å². The molecule has 126 valence electrons. The third kappa shape index (κ3) is 8.81. The normalized spacial score (nSPS) is 13.7. The Morgan fingerprint density at radius 3 is 2.61 bits per heavy atom. The fraction of sp³-hybridized carbons (Fsp3) is 0.474. The van der Waals surface area contributed by atoms with Crippen LogP contribution in [0.15, 0.2) is 53.8 Å². The van der Waals surface area contributed by atoms with Gasteiger partial charge in [0.2, 0.25) is 5.70 Å². The standard InChI is InChI=1S/C19H28N2O2/c1-16(12-13-18(3)21(22)23)8-7-9-17(2)14-15-20-19-10-5-4-6-11-19/h4-6,9-11,13,16,20H,7-8,12,14-15H2,1-3H3/b17-9+,18-13+. The van der Waals surface area contributed by atoms with Gasteiger partial charge < -0.3 is 5.32 Å². The molecule has 0 saturated heterocycles. The van der Waals surface area contributed by atoms with Crippen molar-refractivity contribution in [3.63, 3.8) is 0 Å². The molecule has 1 aromatic carbocycles. The summed E-state index contributed by atoms with van der Waals surface area (Å²) in [7, 11) is 0. The average molecular weight is 316 g/mol. The number of anilines is 1. The Bertz CT molecular complexity index is 536. The van der Waals surface area contributed by atoms with Crippen LogP contribution in [0.4, 0.5) is 5.69 Å². The third-order valence-electron chi connectivity index (χ3n) is 3.88. The average Bonchev–Trinajstić information content (AvgIpc) is 2.53. The fourth-order valence-corrected chi connectivity index (χ4v) is 2.24. The predicted molar refractivity (Wildman–Crippen MR) is 97.1 cm³/mol. The maximum Gasteiger partial charge on any atom is 0.239 e. The number of nitrogens with zero attached hydrogens (tertiary/aromatic N) is 1. The number of nitro groups is 1. The molecule has 0 fully saturated rings. The fourth-order valence-electron chi connectivity index (χ4n) is 2.24. The number of hydrogen-bond acceptors (Lipinski definition) is 3. The second-order valence-electron chi connectivity index (χ2n) is 6.11. The zero-order chi connectivity index (χ0) is 17.1.